The Morgan fingerprint density at radius 3 is 2.95 bits per heavy atom. The zero-order valence-corrected chi connectivity index (χ0v) is 12.9. The fourth-order valence-corrected chi connectivity index (χ4v) is 2.32. The van der Waals surface area contributed by atoms with Gasteiger partial charge in [0.25, 0.3) is 0 Å². The Morgan fingerprint density at radius 1 is 1.47 bits per heavy atom. The van der Waals surface area contributed by atoms with E-state index in [1.54, 1.807) is 7.11 Å². The van der Waals surface area contributed by atoms with Gasteiger partial charge in [0.15, 0.2) is 0 Å². The van der Waals surface area contributed by atoms with Crippen LogP contribution in [0, 0.1) is 6.92 Å². The van der Waals surface area contributed by atoms with Crippen molar-refractivity contribution in [3.63, 3.8) is 0 Å². The zero-order valence-electron chi connectivity index (χ0n) is 11.4. The van der Waals surface area contributed by atoms with E-state index in [1.807, 2.05) is 29.8 Å². The van der Waals surface area contributed by atoms with Crippen LogP contribution in [0.4, 0.5) is 5.95 Å². The summed E-state index contributed by atoms with van der Waals surface area (Å²) in [6.07, 6.45) is 2.02. The number of nitrogens with zero attached hydrogens (tertiary/aromatic N) is 2. The molecule has 0 aliphatic carbocycles. The molecule has 0 bridgehead atoms. The first kappa shape index (κ1) is 14.1. The first-order chi connectivity index (χ1) is 9.10. The minimum absolute atomic E-state index is 0.206. The number of nitrogens with one attached hydrogen (secondary N) is 1. The van der Waals surface area contributed by atoms with Crippen LogP contribution in [0.1, 0.15) is 12.6 Å². The van der Waals surface area contributed by atoms with E-state index in [1.165, 1.54) is 0 Å². The van der Waals surface area contributed by atoms with Crippen LogP contribution < -0.4 is 5.32 Å². The summed E-state index contributed by atoms with van der Waals surface area (Å²) in [5.74, 6) is 0.833. The normalized spacial score (nSPS) is 12.4. The van der Waals surface area contributed by atoms with Crippen molar-refractivity contribution < 1.29 is 4.74 Å². The maximum atomic E-state index is 5.14. The first-order valence-corrected chi connectivity index (χ1v) is 6.97. The number of imidazole rings is 1. The van der Waals surface area contributed by atoms with Crippen LogP contribution >= 0.6 is 15.9 Å². The summed E-state index contributed by atoms with van der Waals surface area (Å²) in [5.41, 5.74) is 2.05. The van der Waals surface area contributed by atoms with Gasteiger partial charge in [0.05, 0.1) is 12.3 Å². The van der Waals surface area contributed by atoms with E-state index in [4.69, 9.17) is 4.74 Å². The molecule has 2 rings (SSSR count). The van der Waals surface area contributed by atoms with Crippen LogP contribution in [0.2, 0.25) is 0 Å². The van der Waals surface area contributed by atoms with Crippen molar-refractivity contribution in [2.75, 3.05) is 19.0 Å². The number of hydrogen-bond donors (Lipinski definition) is 1. The molecule has 0 saturated carbocycles. The maximum Gasteiger partial charge on any atom is 0.208 e. The van der Waals surface area contributed by atoms with Gasteiger partial charge < -0.3 is 10.1 Å². The van der Waals surface area contributed by atoms with Gasteiger partial charge in [0.1, 0.15) is 0 Å². The summed E-state index contributed by atoms with van der Waals surface area (Å²) >= 11 is 3.49. The van der Waals surface area contributed by atoms with Crippen LogP contribution in [-0.4, -0.2) is 29.3 Å². The molecule has 0 spiro atoms. The molecule has 0 amide bonds. The van der Waals surface area contributed by atoms with E-state index in [-0.39, 0.29) is 6.04 Å². The van der Waals surface area contributed by atoms with E-state index >= 15 is 0 Å². The Hall–Kier alpha value is -1.33. The van der Waals surface area contributed by atoms with Crippen LogP contribution in [-0.2, 0) is 4.74 Å². The minimum atomic E-state index is 0.206. The predicted molar refractivity (Wildman–Crippen MR) is 81.0 cm³/mol. The molecule has 4 nitrogen and oxygen atoms in total. The molecule has 0 aliphatic rings. The number of halogens is 1. The van der Waals surface area contributed by atoms with E-state index in [2.05, 4.69) is 45.3 Å². The highest BCUT2D eigenvalue weighted by Crippen LogP contribution is 2.20. The number of rotatable bonds is 5. The molecule has 19 heavy (non-hydrogen) atoms. The molecule has 102 valence electrons. The molecule has 0 fully saturated rings. The molecule has 1 aromatic heterocycles. The third kappa shape index (κ3) is 3.58. The van der Waals surface area contributed by atoms with Gasteiger partial charge in [-0.1, -0.05) is 22.0 Å². The number of methoxy groups -OCH3 is 1. The third-order valence-electron chi connectivity index (χ3n) is 2.70. The molecule has 2 aromatic rings. The lowest BCUT2D eigenvalue weighted by molar-refractivity contribution is 0.190. The van der Waals surface area contributed by atoms with Crippen LogP contribution in [0.15, 0.2) is 34.9 Å². The van der Waals surface area contributed by atoms with Gasteiger partial charge in [-0.3, -0.25) is 4.57 Å². The molecule has 5 heteroatoms. The second kappa shape index (κ2) is 6.21. The largest absolute Gasteiger partial charge is 0.383 e. The Labute approximate surface area is 121 Å². The molecule has 1 N–H and O–H groups in total. The molecule has 0 radical (unpaired) electrons. The van der Waals surface area contributed by atoms with Crippen LogP contribution in [0.5, 0.6) is 0 Å². The number of anilines is 1. The average Bonchev–Trinajstić information content (AvgIpc) is 2.70. The summed E-state index contributed by atoms with van der Waals surface area (Å²) in [7, 11) is 1.70. The van der Waals surface area contributed by atoms with Gasteiger partial charge in [-0.25, -0.2) is 4.98 Å². The Morgan fingerprint density at radius 2 is 2.26 bits per heavy atom. The lowest BCUT2D eigenvalue weighted by atomic mass is 10.3. The van der Waals surface area contributed by atoms with Crippen molar-refractivity contribution >= 4 is 21.9 Å². The van der Waals surface area contributed by atoms with E-state index in [0.717, 1.165) is 21.8 Å². The topological polar surface area (TPSA) is 39.1 Å². The van der Waals surface area contributed by atoms with Crippen molar-refractivity contribution in [2.45, 2.75) is 19.9 Å². The summed E-state index contributed by atoms with van der Waals surface area (Å²) in [4.78, 5) is 4.52. The molecular weight excluding hydrogens is 306 g/mol. The quantitative estimate of drug-likeness (QED) is 0.916. The fourth-order valence-electron chi connectivity index (χ4n) is 1.93. The summed E-state index contributed by atoms with van der Waals surface area (Å²) < 4.78 is 8.24. The lowest BCUT2D eigenvalue weighted by Crippen LogP contribution is -2.22. The van der Waals surface area contributed by atoms with Gasteiger partial charge in [0, 0.05) is 29.5 Å². The van der Waals surface area contributed by atoms with Gasteiger partial charge >= 0.3 is 0 Å². The number of aromatic nitrogens is 2. The highest BCUT2D eigenvalue weighted by atomic mass is 79.9. The highest BCUT2D eigenvalue weighted by molar-refractivity contribution is 9.10. The summed E-state index contributed by atoms with van der Waals surface area (Å²) in [5, 5.41) is 3.36. The van der Waals surface area contributed by atoms with Crippen molar-refractivity contribution in [3.05, 3.63) is 40.6 Å². The molecule has 1 heterocycles. The van der Waals surface area contributed by atoms with Gasteiger partial charge in [-0.2, -0.15) is 0 Å². The lowest BCUT2D eigenvalue weighted by Gasteiger charge is -2.15. The Balaban J connectivity index is 2.30. The standard InChI is InChI=1S/C14H18BrN3O/c1-10-8-18(13-6-4-5-12(15)7-13)14(16-10)17-11(2)9-19-3/h4-8,11H,9H2,1-3H3,(H,16,17). The Kier molecular flexibility index (Phi) is 4.61. The molecular formula is C14H18BrN3O. The van der Waals surface area contributed by atoms with Gasteiger partial charge in [0.2, 0.25) is 5.95 Å². The molecule has 0 aliphatic heterocycles. The second-order valence-electron chi connectivity index (χ2n) is 4.56. The van der Waals surface area contributed by atoms with Gasteiger partial charge in [-0.15, -0.1) is 0 Å². The van der Waals surface area contributed by atoms with Crippen molar-refractivity contribution in [1.82, 2.24) is 9.55 Å². The number of aryl methyl sites for hydroxylation is 1. The van der Waals surface area contributed by atoms with E-state index in [9.17, 15) is 0 Å². The Bertz CT molecular complexity index is 553. The summed E-state index contributed by atoms with van der Waals surface area (Å²) in [6, 6.07) is 8.34. The van der Waals surface area contributed by atoms with E-state index < -0.39 is 0 Å². The number of ether oxygens (including phenoxy) is 1. The zero-order chi connectivity index (χ0) is 13.8. The molecule has 1 atom stereocenters. The third-order valence-corrected chi connectivity index (χ3v) is 3.20. The monoisotopic (exact) mass is 323 g/mol. The average molecular weight is 324 g/mol. The number of hydrogen-bond acceptors (Lipinski definition) is 3. The van der Waals surface area contributed by atoms with Crippen molar-refractivity contribution in [2.24, 2.45) is 0 Å². The minimum Gasteiger partial charge on any atom is -0.383 e. The molecule has 0 saturated heterocycles. The van der Waals surface area contributed by atoms with Gasteiger partial charge in [-0.05, 0) is 32.0 Å². The SMILES string of the molecule is COCC(C)Nc1nc(C)cn1-c1cccc(Br)c1. The maximum absolute atomic E-state index is 5.14. The van der Waals surface area contributed by atoms with Crippen LogP contribution in [0.3, 0.4) is 0 Å². The van der Waals surface area contributed by atoms with Crippen molar-refractivity contribution in [3.8, 4) is 5.69 Å². The number of benzene rings is 1. The molecule has 1 aromatic carbocycles. The van der Waals surface area contributed by atoms with E-state index in [0.29, 0.717) is 6.61 Å². The highest BCUT2D eigenvalue weighted by Gasteiger charge is 2.10. The van der Waals surface area contributed by atoms with Crippen molar-refractivity contribution in [1.29, 1.82) is 0 Å². The second-order valence-corrected chi connectivity index (χ2v) is 5.47. The van der Waals surface area contributed by atoms with Crippen LogP contribution in [0.25, 0.3) is 5.69 Å². The predicted octanol–water partition coefficient (Wildman–Crippen LogP) is 3.39. The smallest absolute Gasteiger partial charge is 0.208 e. The fraction of sp³-hybridized carbons (Fsp3) is 0.357. The summed E-state index contributed by atoms with van der Waals surface area (Å²) in [6.45, 7) is 4.70. The first-order valence-electron chi connectivity index (χ1n) is 6.17. The molecule has 1 unspecified atom stereocenters.